The Morgan fingerprint density at radius 1 is 1.06 bits per heavy atom. The number of nitrogens with zero attached hydrogens (tertiary/aromatic N) is 2. The molecule has 9 heteroatoms. The fraction of sp³-hybridized carbons (Fsp3) is 0.455. The Bertz CT molecular complexity index is 1100. The smallest absolute Gasteiger partial charge is 0.340 e. The predicted octanol–water partition coefficient (Wildman–Crippen LogP) is 3.99. The molecule has 2 heterocycles. The maximum Gasteiger partial charge on any atom is 0.340 e. The third kappa shape index (κ3) is 4.86. The lowest BCUT2D eigenvalue weighted by Crippen LogP contribution is -2.35. The maximum absolute atomic E-state index is 12.9. The summed E-state index contributed by atoms with van der Waals surface area (Å²) >= 11 is 6.13. The van der Waals surface area contributed by atoms with Gasteiger partial charge in [0, 0.05) is 36.6 Å². The molecule has 0 radical (unpaired) electrons. The molecular formula is C22H27ClN2O5S. The van der Waals surface area contributed by atoms with Gasteiger partial charge in [0.05, 0.1) is 15.5 Å². The SMILES string of the molecule is CCn1c(C)cc(C(=O)COC(=O)c2cc(S(=O)(=O)N3CCCCC3)ccc2Cl)c1C. The van der Waals surface area contributed by atoms with Crippen LogP contribution in [-0.4, -0.2) is 48.7 Å². The molecule has 2 aromatic rings. The van der Waals surface area contributed by atoms with Gasteiger partial charge in [-0.2, -0.15) is 4.31 Å². The van der Waals surface area contributed by atoms with Crippen LogP contribution in [0.25, 0.3) is 0 Å². The number of ketones is 1. The molecule has 31 heavy (non-hydrogen) atoms. The summed E-state index contributed by atoms with van der Waals surface area (Å²) in [7, 11) is -3.72. The minimum atomic E-state index is -3.72. The topological polar surface area (TPSA) is 85.7 Å². The first-order chi connectivity index (χ1) is 14.7. The van der Waals surface area contributed by atoms with Crippen LogP contribution in [0.4, 0.5) is 0 Å². The Morgan fingerprint density at radius 2 is 1.74 bits per heavy atom. The molecule has 0 amide bonds. The molecule has 0 atom stereocenters. The fourth-order valence-corrected chi connectivity index (χ4v) is 5.67. The van der Waals surface area contributed by atoms with Gasteiger partial charge in [-0.3, -0.25) is 4.79 Å². The normalized spacial score (nSPS) is 15.1. The molecule has 0 unspecified atom stereocenters. The van der Waals surface area contributed by atoms with Crippen LogP contribution in [0.3, 0.4) is 0 Å². The van der Waals surface area contributed by atoms with Crippen molar-refractivity contribution < 1.29 is 22.7 Å². The zero-order chi connectivity index (χ0) is 22.8. The zero-order valence-corrected chi connectivity index (χ0v) is 19.6. The van der Waals surface area contributed by atoms with Crippen molar-refractivity contribution in [1.82, 2.24) is 8.87 Å². The van der Waals surface area contributed by atoms with Gasteiger partial charge in [-0.1, -0.05) is 18.0 Å². The van der Waals surface area contributed by atoms with E-state index in [0.29, 0.717) is 18.7 Å². The van der Waals surface area contributed by atoms with Gasteiger partial charge < -0.3 is 9.30 Å². The van der Waals surface area contributed by atoms with E-state index in [0.717, 1.165) is 37.2 Å². The first-order valence-corrected chi connectivity index (χ1v) is 12.2. The van der Waals surface area contributed by atoms with Crippen molar-refractivity contribution in [2.24, 2.45) is 0 Å². The highest BCUT2D eigenvalue weighted by Crippen LogP contribution is 2.26. The highest BCUT2D eigenvalue weighted by Gasteiger charge is 2.28. The number of benzene rings is 1. The van der Waals surface area contributed by atoms with Crippen molar-refractivity contribution in [3.8, 4) is 0 Å². The Morgan fingerprint density at radius 3 is 2.35 bits per heavy atom. The monoisotopic (exact) mass is 466 g/mol. The Labute approximate surface area is 188 Å². The van der Waals surface area contributed by atoms with Crippen LogP contribution in [0.15, 0.2) is 29.2 Å². The third-order valence-corrected chi connectivity index (χ3v) is 7.86. The molecule has 0 spiro atoms. The summed E-state index contributed by atoms with van der Waals surface area (Å²) in [6.07, 6.45) is 2.61. The molecule has 0 bridgehead atoms. The minimum Gasteiger partial charge on any atom is -0.454 e. The van der Waals surface area contributed by atoms with Crippen molar-refractivity contribution in [3.05, 3.63) is 51.8 Å². The Kier molecular flexibility index (Phi) is 7.24. The van der Waals surface area contributed by atoms with Crippen LogP contribution in [0.5, 0.6) is 0 Å². The summed E-state index contributed by atoms with van der Waals surface area (Å²) in [6, 6.07) is 5.75. The summed E-state index contributed by atoms with van der Waals surface area (Å²) in [6.45, 7) is 6.93. The first-order valence-electron chi connectivity index (χ1n) is 10.3. The van der Waals surface area contributed by atoms with Crippen molar-refractivity contribution in [2.75, 3.05) is 19.7 Å². The first kappa shape index (κ1) is 23.5. The summed E-state index contributed by atoms with van der Waals surface area (Å²) < 4.78 is 34.4. The molecule has 7 nitrogen and oxygen atoms in total. The lowest BCUT2D eigenvalue weighted by atomic mass is 10.1. The van der Waals surface area contributed by atoms with E-state index in [-0.39, 0.29) is 21.3 Å². The second-order valence-corrected chi connectivity index (χ2v) is 9.98. The number of piperidine rings is 1. The van der Waals surface area contributed by atoms with E-state index in [1.165, 1.54) is 22.5 Å². The second kappa shape index (κ2) is 9.54. The van der Waals surface area contributed by atoms with Crippen molar-refractivity contribution >= 4 is 33.4 Å². The van der Waals surface area contributed by atoms with Crippen molar-refractivity contribution in [2.45, 2.75) is 51.5 Å². The maximum atomic E-state index is 12.9. The number of rotatable bonds is 7. The van der Waals surface area contributed by atoms with Gasteiger partial charge in [0.1, 0.15) is 0 Å². The number of hydrogen-bond donors (Lipinski definition) is 0. The standard InChI is InChI=1S/C22H27ClN2O5S/c1-4-25-15(2)12-18(16(25)3)21(26)14-30-22(27)19-13-17(8-9-20(19)23)31(28,29)24-10-6-5-7-11-24/h8-9,12-13H,4-7,10-11,14H2,1-3H3. The van der Waals surface area contributed by atoms with E-state index in [1.807, 2.05) is 25.3 Å². The molecule has 1 aromatic carbocycles. The molecule has 1 saturated heterocycles. The van der Waals surface area contributed by atoms with Gasteiger partial charge in [0.15, 0.2) is 6.61 Å². The number of halogens is 1. The highest BCUT2D eigenvalue weighted by molar-refractivity contribution is 7.89. The summed E-state index contributed by atoms with van der Waals surface area (Å²) in [5.74, 6) is -1.16. The number of esters is 1. The van der Waals surface area contributed by atoms with E-state index < -0.39 is 22.6 Å². The number of Topliss-reactive ketones (excluding diaryl/α,β-unsaturated/α-hetero) is 1. The van der Waals surface area contributed by atoms with Gasteiger partial charge in [-0.05, 0) is 57.9 Å². The fourth-order valence-electron chi connectivity index (χ4n) is 3.93. The molecular weight excluding hydrogens is 440 g/mol. The van der Waals surface area contributed by atoms with Crippen LogP contribution >= 0.6 is 11.6 Å². The van der Waals surface area contributed by atoms with Crippen LogP contribution < -0.4 is 0 Å². The van der Waals surface area contributed by atoms with Crippen LogP contribution in [0.2, 0.25) is 5.02 Å². The van der Waals surface area contributed by atoms with Crippen molar-refractivity contribution in [1.29, 1.82) is 0 Å². The third-order valence-electron chi connectivity index (χ3n) is 5.64. The van der Waals surface area contributed by atoms with E-state index in [1.54, 1.807) is 6.07 Å². The molecule has 0 N–H and O–H groups in total. The number of ether oxygens (including phenoxy) is 1. The molecule has 168 valence electrons. The van der Waals surface area contributed by atoms with Crippen LogP contribution in [0.1, 0.15) is 58.3 Å². The van der Waals surface area contributed by atoms with E-state index in [9.17, 15) is 18.0 Å². The molecule has 1 aromatic heterocycles. The summed E-state index contributed by atoms with van der Waals surface area (Å²) in [5.41, 5.74) is 2.19. The minimum absolute atomic E-state index is 0.0106. The number of hydrogen-bond acceptors (Lipinski definition) is 5. The lowest BCUT2D eigenvalue weighted by Gasteiger charge is -2.26. The van der Waals surface area contributed by atoms with Gasteiger partial charge in [-0.25, -0.2) is 13.2 Å². The molecule has 3 rings (SSSR count). The Hall–Kier alpha value is -2.16. The average molecular weight is 467 g/mol. The summed E-state index contributed by atoms with van der Waals surface area (Å²) in [4.78, 5) is 25.2. The number of aromatic nitrogens is 1. The molecule has 1 aliphatic heterocycles. The highest BCUT2D eigenvalue weighted by atomic mass is 35.5. The molecule has 0 aliphatic carbocycles. The molecule has 0 saturated carbocycles. The average Bonchev–Trinajstić information content (AvgIpc) is 3.05. The van der Waals surface area contributed by atoms with Gasteiger partial charge in [0.2, 0.25) is 15.8 Å². The Balaban J connectivity index is 1.76. The van der Waals surface area contributed by atoms with E-state index in [4.69, 9.17) is 16.3 Å². The van der Waals surface area contributed by atoms with Crippen LogP contribution in [0, 0.1) is 13.8 Å². The van der Waals surface area contributed by atoms with E-state index in [2.05, 4.69) is 0 Å². The largest absolute Gasteiger partial charge is 0.454 e. The molecule has 1 fully saturated rings. The predicted molar refractivity (Wildman–Crippen MR) is 118 cm³/mol. The lowest BCUT2D eigenvalue weighted by molar-refractivity contribution is 0.0474. The number of aryl methyl sites for hydroxylation is 1. The van der Waals surface area contributed by atoms with Crippen molar-refractivity contribution in [3.63, 3.8) is 0 Å². The zero-order valence-electron chi connectivity index (χ0n) is 18.0. The van der Waals surface area contributed by atoms with E-state index >= 15 is 0 Å². The summed E-state index contributed by atoms with van der Waals surface area (Å²) in [5, 5.41) is 0.0687. The number of sulfonamides is 1. The molecule has 1 aliphatic rings. The van der Waals surface area contributed by atoms with Gasteiger partial charge in [0.25, 0.3) is 0 Å². The number of carbonyl (C=O) groups excluding carboxylic acids is 2. The second-order valence-electron chi connectivity index (χ2n) is 7.63. The van der Waals surface area contributed by atoms with Crippen LogP contribution in [-0.2, 0) is 21.3 Å². The van der Waals surface area contributed by atoms with Gasteiger partial charge >= 0.3 is 5.97 Å². The quantitative estimate of drug-likeness (QED) is 0.455. The number of carbonyl (C=O) groups is 2. The van der Waals surface area contributed by atoms with Gasteiger partial charge in [-0.15, -0.1) is 0 Å².